The van der Waals surface area contributed by atoms with Crippen LogP contribution in [0.15, 0.2) is 48.5 Å². The Bertz CT molecular complexity index is 1050. The minimum Gasteiger partial charge on any atom is -0.385 e. The molecule has 0 saturated carbocycles. The Morgan fingerprint density at radius 2 is 1.72 bits per heavy atom. The van der Waals surface area contributed by atoms with Crippen LogP contribution in [0.4, 0.5) is 15.8 Å². The van der Waals surface area contributed by atoms with E-state index in [9.17, 15) is 22.4 Å². The molecule has 0 unspecified atom stereocenters. The highest BCUT2D eigenvalue weighted by atomic mass is 32.2. The van der Waals surface area contributed by atoms with E-state index in [1.807, 2.05) is 0 Å². The molecular weight excluding hydrogens is 439 g/mol. The molecule has 0 aromatic heterocycles. The topological polar surface area (TPSA) is 108 Å². The van der Waals surface area contributed by atoms with Gasteiger partial charge in [-0.3, -0.25) is 9.59 Å². The number of carbonyl (C=O) groups is 2. The molecule has 2 amide bonds. The Hall–Kier alpha value is -3.02. The summed E-state index contributed by atoms with van der Waals surface area (Å²) in [5.74, 6) is -1.93. The molecule has 0 atom stereocenters. The third kappa shape index (κ3) is 6.49. The number of anilines is 2. The first kappa shape index (κ1) is 25.2. The molecule has 11 heteroatoms. The van der Waals surface area contributed by atoms with E-state index in [0.717, 1.165) is 10.4 Å². The average Bonchev–Trinajstić information content (AvgIpc) is 2.75. The standard InChI is InChI=1S/C21H27FN4O5S/c1-25(2)32(29,30)26(19-12-7-5-10-17(19)22)15-20(27)24-18-11-6-4-9-16(18)21(28)23-13-8-14-31-3/h4-7,9-12H,8,13-15H2,1-3H3,(H,23,28)(H,24,27). The zero-order valence-corrected chi connectivity index (χ0v) is 19.0. The average molecular weight is 467 g/mol. The minimum atomic E-state index is -4.17. The summed E-state index contributed by atoms with van der Waals surface area (Å²) in [6, 6.07) is 11.6. The number of halogens is 1. The Labute approximate surface area is 187 Å². The van der Waals surface area contributed by atoms with Crippen molar-refractivity contribution in [3.63, 3.8) is 0 Å². The fourth-order valence-electron chi connectivity index (χ4n) is 2.77. The highest BCUT2D eigenvalue weighted by molar-refractivity contribution is 7.90. The Kier molecular flexibility index (Phi) is 9.12. The van der Waals surface area contributed by atoms with Crippen LogP contribution in [0.2, 0.25) is 0 Å². The number of hydrogen-bond donors (Lipinski definition) is 2. The van der Waals surface area contributed by atoms with Crippen LogP contribution >= 0.6 is 0 Å². The van der Waals surface area contributed by atoms with Gasteiger partial charge < -0.3 is 15.4 Å². The SMILES string of the molecule is COCCCNC(=O)c1ccccc1NC(=O)CN(c1ccccc1F)S(=O)(=O)N(C)C. The van der Waals surface area contributed by atoms with Gasteiger partial charge in [-0.1, -0.05) is 24.3 Å². The molecule has 0 aliphatic heterocycles. The molecule has 0 bridgehead atoms. The number of para-hydroxylation sites is 2. The molecule has 9 nitrogen and oxygen atoms in total. The van der Waals surface area contributed by atoms with Crippen LogP contribution in [0.1, 0.15) is 16.8 Å². The first-order chi connectivity index (χ1) is 15.2. The van der Waals surface area contributed by atoms with E-state index in [2.05, 4.69) is 10.6 Å². The maximum Gasteiger partial charge on any atom is 0.304 e. The number of amides is 2. The van der Waals surface area contributed by atoms with Crippen LogP contribution in [-0.2, 0) is 19.7 Å². The third-order valence-electron chi connectivity index (χ3n) is 4.40. The molecule has 0 fully saturated rings. The normalized spacial score (nSPS) is 11.3. The van der Waals surface area contributed by atoms with Crippen LogP contribution in [0, 0.1) is 5.82 Å². The highest BCUT2D eigenvalue weighted by Crippen LogP contribution is 2.23. The Morgan fingerprint density at radius 3 is 2.38 bits per heavy atom. The monoisotopic (exact) mass is 466 g/mol. The summed E-state index contributed by atoms with van der Waals surface area (Å²) in [6.45, 7) is 0.188. The van der Waals surface area contributed by atoms with Crippen molar-refractivity contribution in [2.24, 2.45) is 0 Å². The summed E-state index contributed by atoms with van der Waals surface area (Å²) in [4.78, 5) is 25.2. The summed E-state index contributed by atoms with van der Waals surface area (Å²) >= 11 is 0. The third-order valence-corrected chi connectivity index (χ3v) is 6.21. The molecule has 0 heterocycles. The smallest absolute Gasteiger partial charge is 0.304 e. The van der Waals surface area contributed by atoms with E-state index in [0.29, 0.717) is 23.9 Å². The van der Waals surface area contributed by atoms with Gasteiger partial charge in [0.25, 0.3) is 5.91 Å². The Morgan fingerprint density at radius 1 is 1.06 bits per heavy atom. The lowest BCUT2D eigenvalue weighted by Gasteiger charge is -2.27. The summed E-state index contributed by atoms with van der Waals surface area (Å²) in [5.41, 5.74) is 0.157. The van der Waals surface area contributed by atoms with Crippen molar-refractivity contribution in [3.8, 4) is 0 Å². The predicted molar refractivity (Wildman–Crippen MR) is 120 cm³/mol. The molecule has 0 saturated heterocycles. The summed E-state index contributed by atoms with van der Waals surface area (Å²) in [6.07, 6.45) is 0.622. The van der Waals surface area contributed by atoms with Crippen LogP contribution in [0.5, 0.6) is 0 Å². The number of nitrogens with zero attached hydrogens (tertiary/aromatic N) is 2. The zero-order chi connectivity index (χ0) is 23.7. The van der Waals surface area contributed by atoms with E-state index in [1.54, 1.807) is 19.2 Å². The molecule has 174 valence electrons. The molecule has 2 aromatic carbocycles. The van der Waals surface area contributed by atoms with Crippen molar-refractivity contribution in [3.05, 3.63) is 59.9 Å². The fourth-order valence-corrected chi connectivity index (χ4v) is 3.84. The van der Waals surface area contributed by atoms with Gasteiger partial charge in [0, 0.05) is 34.4 Å². The van der Waals surface area contributed by atoms with Crippen molar-refractivity contribution in [1.82, 2.24) is 9.62 Å². The molecule has 0 spiro atoms. The first-order valence-electron chi connectivity index (χ1n) is 9.79. The molecule has 2 rings (SSSR count). The van der Waals surface area contributed by atoms with Crippen LogP contribution < -0.4 is 14.9 Å². The summed E-state index contributed by atoms with van der Waals surface area (Å²) in [5, 5.41) is 5.28. The van der Waals surface area contributed by atoms with Crippen LogP contribution in [0.25, 0.3) is 0 Å². The molecule has 0 aliphatic carbocycles. The van der Waals surface area contributed by atoms with Crippen molar-refractivity contribution < 1.29 is 27.1 Å². The van der Waals surface area contributed by atoms with E-state index < -0.39 is 34.4 Å². The second-order valence-corrected chi connectivity index (χ2v) is 9.01. The van der Waals surface area contributed by atoms with Gasteiger partial charge in [-0.15, -0.1) is 0 Å². The first-order valence-corrected chi connectivity index (χ1v) is 11.2. The Balaban J connectivity index is 2.23. The van der Waals surface area contributed by atoms with Crippen molar-refractivity contribution in [2.75, 3.05) is 50.5 Å². The number of benzene rings is 2. The molecular formula is C21H27FN4O5S. The van der Waals surface area contributed by atoms with Crippen molar-refractivity contribution in [2.45, 2.75) is 6.42 Å². The molecule has 32 heavy (non-hydrogen) atoms. The number of methoxy groups -OCH3 is 1. The zero-order valence-electron chi connectivity index (χ0n) is 18.2. The maximum atomic E-state index is 14.3. The lowest BCUT2D eigenvalue weighted by Crippen LogP contribution is -2.44. The second-order valence-electron chi connectivity index (χ2n) is 6.94. The lowest BCUT2D eigenvalue weighted by molar-refractivity contribution is -0.114. The largest absolute Gasteiger partial charge is 0.385 e. The summed E-state index contributed by atoms with van der Waals surface area (Å²) < 4.78 is 46.3. The summed E-state index contributed by atoms with van der Waals surface area (Å²) in [7, 11) is -0.0438. The van der Waals surface area contributed by atoms with E-state index >= 15 is 0 Å². The van der Waals surface area contributed by atoms with Gasteiger partial charge >= 0.3 is 10.2 Å². The van der Waals surface area contributed by atoms with Gasteiger partial charge in [0.2, 0.25) is 5.91 Å². The molecule has 0 aliphatic rings. The van der Waals surface area contributed by atoms with Gasteiger partial charge in [0.1, 0.15) is 12.4 Å². The number of rotatable bonds is 11. The second kappa shape index (κ2) is 11.6. The van der Waals surface area contributed by atoms with Crippen molar-refractivity contribution >= 4 is 33.4 Å². The van der Waals surface area contributed by atoms with E-state index in [1.165, 1.54) is 44.4 Å². The minimum absolute atomic E-state index is 0.206. The maximum absolute atomic E-state index is 14.3. The van der Waals surface area contributed by atoms with Gasteiger partial charge in [0.15, 0.2) is 0 Å². The number of nitrogens with one attached hydrogen (secondary N) is 2. The van der Waals surface area contributed by atoms with E-state index in [4.69, 9.17) is 4.74 Å². The predicted octanol–water partition coefficient (Wildman–Crippen LogP) is 1.84. The molecule has 0 radical (unpaired) electrons. The highest BCUT2D eigenvalue weighted by Gasteiger charge is 2.29. The van der Waals surface area contributed by atoms with Crippen LogP contribution in [0.3, 0.4) is 0 Å². The lowest BCUT2D eigenvalue weighted by atomic mass is 10.1. The number of hydrogen-bond acceptors (Lipinski definition) is 5. The van der Waals surface area contributed by atoms with Gasteiger partial charge in [-0.2, -0.15) is 12.7 Å². The molecule has 2 N–H and O–H groups in total. The van der Waals surface area contributed by atoms with Gasteiger partial charge in [0.05, 0.1) is 16.9 Å². The van der Waals surface area contributed by atoms with Gasteiger partial charge in [-0.05, 0) is 30.7 Å². The fraction of sp³-hybridized carbons (Fsp3) is 0.333. The van der Waals surface area contributed by atoms with Crippen molar-refractivity contribution in [1.29, 1.82) is 0 Å². The van der Waals surface area contributed by atoms with Crippen LogP contribution in [-0.4, -0.2) is 65.4 Å². The number of ether oxygens (including phenoxy) is 1. The van der Waals surface area contributed by atoms with Gasteiger partial charge in [-0.25, -0.2) is 8.70 Å². The quantitative estimate of drug-likeness (QED) is 0.492. The number of carbonyl (C=O) groups excluding carboxylic acids is 2. The molecule has 2 aromatic rings. The van der Waals surface area contributed by atoms with E-state index in [-0.39, 0.29) is 16.9 Å².